The third-order valence-electron chi connectivity index (χ3n) is 2.42. The molecule has 1 aliphatic heterocycles. The van der Waals surface area contributed by atoms with Crippen LogP contribution in [0.25, 0.3) is 0 Å². The van der Waals surface area contributed by atoms with Gasteiger partial charge in [0.15, 0.2) is 0 Å². The maximum Gasteiger partial charge on any atom is 0.0897 e. The van der Waals surface area contributed by atoms with Crippen LogP contribution in [0.1, 0.15) is 26.7 Å². The van der Waals surface area contributed by atoms with Crippen molar-refractivity contribution < 1.29 is 9.84 Å². The summed E-state index contributed by atoms with van der Waals surface area (Å²) in [6, 6.07) is 0.581. The average molecular weight is 233 g/mol. The molecule has 0 bridgehead atoms. The standard InChI is InChI=1S/C11H23NO2S/c1-9(2)14-7-11(13)6-12-10-4-3-5-15-8-10/h9-13H,3-8H2,1-2H3. The number of rotatable bonds is 6. The zero-order valence-corrected chi connectivity index (χ0v) is 10.6. The summed E-state index contributed by atoms with van der Waals surface area (Å²) in [4.78, 5) is 0. The summed E-state index contributed by atoms with van der Waals surface area (Å²) in [5.41, 5.74) is 0. The SMILES string of the molecule is CC(C)OCC(O)CNC1CCCSC1. The molecule has 1 fully saturated rings. The smallest absolute Gasteiger partial charge is 0.0897 e. The molecular formula is C11H23NO2S. The minimum Gasteiger partial charge on any atom is -0.389 e. The summed E-state index contributed by atoms with van der Waals surface area (Å²) in [6.45, 7) is 5.05. The Morgan fingerprint density at radius 2 is 2.33 bits per heavy atom. The van der Waals surface area contributed by atoms with E-state index < -0.39 is 0 Å². The monoisotopic (exact) mass is 233 g/mol. The van der Waals surface area contributed by atoms with Crippen molar-refractivity contribution in [2.75, 3.05) is 24.7 Å². The third kappa shape index (κ3) is 6.40. The lowest BCUT2D eigenvalue weighted by atomic mass is 10.2. The van der Waals surface area contributed by atoms with E-state index in [9.17, 15) is 5.11 Å². The van der Waals surface area contributed by atoms with Crippen molar-refractivity contribution in [2.24, 2.45) is 0 Å². The van der Waals surface area contributed by atoms with Crippen LogP contribution < -0.4 is 5.32 Å². The molecule has 0 aromatic carbocycles. The van der Waals surface area contributed by atoms with Crippen LogP contribution in [0.15, 0.2) is 0 Å². The Bertz CT molecular complexity index is 161. The molecule has 2 N–H and O–H groups in total. The molecule has 1 aliphatic rings. The number of aliphatic hydroxyl groups is 1. The zero-order chi connectivity index (χ0) is 11.1. The van der Waals surface area contributed by atoms with E-state index in [1.54, 1.807) is 0 Å². The van der Waals surface area contributed by atoms with Gasteiger partial charge < -0.3 is 15.2 Å². The van der Waals surface area contributed by atoms with E-state index >= 15 is 0 Å². The Balaban J connectivity index is 2.02. The van der Waals surface area contributed by atoms with Crippen LogP contribution >= 0.6 is 11.8 Å². The summed E-state index contributed by atoms with van der Waals surface area (Å²) in [5, 5.41) is 13.0. The van der Waals surface area contributed by atoms with E-state index in [0.717, 1.165) is 0 Å². The first-order valence-corrected chi connectivity index (χ1v) is 6.94. The number of ether oxygens (including phenoxy) is 1. The summed E-state index contributed by atoms with van der Waals surface area (Å²) in [5.74, 6) is 2.47. The van der Waals surface area contributed by atoms with Crippen LogP contribution in [0, 0.1) is 0 Å². The maximum atomic E-state index is 9.63. The molecule has 0 spiro atoms. The van der Waals surface area contributed by atoms with Gasteiger partial charge in [-0.1, -0.05) is 0 Å². The number of thioether (sulfide) groups is 1. The van der Waals surface area contributed by atoms with E-state index in [4.69, 9.17) is 4.74 Å². The third-order valence-corrected chi connectivity index (χ3v) is 3.64. The zero-order valence-electron chi connectivity index (χ0n) is 9.74. The number of aliphatic hydroxyl groups excluding tert-OH is 1. The molecule has 3 nitrogen and oxygen atoms in total. The molecule has 1 saturated heterocycles. The fourth-order valence-corrected chi connectivity index (χ4v) is 2.67. The highest BCUT2D eigenvalue weighted by Gasteiger charge is 2.14. The first kappa shape index (κ1) is 13.3. The van der Waals surface area contributed by atoms with Gasteiger partial charge in [-0.05, 0) is 32.4 Å². The van der Waals surface area contributed by atoms with Crippen LogP contribution in [0.4, 0.5) is 0 Å². The fraction of sp³-hybridized carbons (Fsp3) is 1.00. The largest absolute Gasteiger partial charge is 0.389 e. The van der Waals surface area contributed by atoms with E-state index in [-0.39, 0.29) is 12.2 Å². The molecule has 15 heavy (non-hydrogen) atoms. The molecule has 2 unspecified atom stereocenters. The summed E-state index contributed by atoms with van der Waals surface area (Å²) >= 11 is 2.00. The van der Waals surface area contributed by atoms with Crippen molar-refractivity contribution >= 4 is 11.8 Å². The minimum atomic E-state index is -0.376. The molecule has 1 heterocycles. The van der Waals surface area contributed by atoms with Crippen molar-refractivity contribution in [3.05, 3.63) is 0 Å². The van der Waals surface area contributed by atoms with Crippen LogP contribution in [0.3, 0.4) is 0 Å². The van der Waals surface area contributed by atoms with Gasteiger partial charge in [0.25, 0.3) is 0 Å². The molecule has 0 aromatic heterocycles. The Morgan fingerprint density at radius 3 is 2.93 bits per heavy atom. The highest BCUT2D eigenvalue weighted by Crippen LogP contribution is 2.16. The Hall–Kier alpha value is 0.230. The Morgan fingerprint density at radius 1 is 1.53 bits per heavy atom. The number of hydrogen-bond donors (Lipinski definition) is 2. The first-order chi connectivity index (χ1) is 7.18. The van der Waals surface area contributed by atoms with Gasteiger partial charge in [-0.2, -0.15) is 11.8 Å². The fourth-order valence-electron chi connectivity index (χ4n) is 1.57. The molecule has 0 amide bonds. The Kier molecular flexibility index (Phi) is 6.64. The summed E-state index contributed by atoms with van der Waals surface area (Å²) in [7, 11) is 0. The van der Waals surface area contributed by atoms with E-state index in [2.05, 4.69) is 5.32 Å². The second-order valence-electron chi connectivity index (χ2n) is 4.36. The molecule has 0 aliphatic carbocycles. The van der Waals surface area contributed by atoms with Gasteiger partial charge in [0.1, 0.15) is 0 Å². The molecule has 0 aromatic rings. The lowest BCUT2D eigenvalue weighted by molar-refractivity contribution is 0.00557. The first-order valence-electron chi connectivity index (χ1n) is 5.79. The van der Waals surface area contributed by atoms with Crippen LogP contribution in [-0.4, -0.2) is 48.0 Å². The maximum absolute atomic E-state index is 9.63. The van der Waals surface area contributed by atoms with Crippen LogP contribution in [-0.2, 0) is 4.74 Å². The van der Waals surface area contributed by atoms with E-state index in [1.165, 1.54) is 24.3 Å². The van der Waals surface area contributed by atoms with Crippen molar-refractivity contribution in [1.29, 1.82) is 0 Å². The molecule has 1 rings (SSSR count). The number of nitrogens with one attached hydrogen (secondary N) is 1. The predicted octanol–water partition coefficient (Wildman–Crippen LogP) is 1.26. The van der Waals surface area contributed by atoms with Crippen molar-refractivity contribution in [1.82, 2.24) is 5.32 Å². The highest BCUT2D eigenvalue weighted by atomic mass is 32.2. The van der Waals surface area contributed by atoms with Crippen molar-refractivity contribution in [2.45, 2.75) is 44.9 Å². The minimum absolute atomic E-state index is 0.199. The van der Waals surface area contributed by atoms with Crippen LogP contribution in [0.5, 0.6) is 0 Å². The Labute approximate surface area is 97.0 Å². The van der Waals surface area contributed by atoms with E-state index in [1.807, 2.05) is 25.6 Å². The van der Waals surface area contributed by atoms with Crippen molar-refractivity contribution in [3.63, 3.8) is 0 Å². The van der Waals surface area contributed by atoms with Gasteiger partial charge in [-0.25, -0.2) is 0 Å². The van der Waals surface area contributed by atoms with Crippen molar-refractivity contribution in [3.8, 4) is 0 Å². The van der Waals surface area contributed by atoms with Gasteiger partial charge in [0, 0.05) is 18.3 Å². The predicted molar refractivity (Wildman–Crippen MR) is 65.4 cm³/mol. The quantitative estimate of drug-likeness (QED) is 0.725. The summed E-state index contributed by atoms with van der Waals surface area (Å²) in [6.07, 6.45) is 2.36. The van der Waals surface area contributed by atoms with Gasteiger partial charge in [0.2, 0.25) is 0 Å². The molecule has 4 heteroatoms. The molecular weight excluding hydrogens is 210 g/mol. The molecule has 0 saturated carbocycles. The number of hydrogen-bond acceptors (Lipinski definition) is 4. The van der Waals surface area contributed by atoms with Crippen LogP contribution in [0.2, 0.25) is 0 Å². The highest BCUT2D eigenvalue weighted by molar-refractivity contribution is 7.99. The van der Waals surface area contributed by atoms with Gasteiger partial charge >= 0.3 is 0 Å². The van der Waals surface area contributed by atoms with Gasteiger partial charge in [-0.3, -0.25) is 0 Å². The lowest BCUT2D eigenvalue weighted by Crippen LogP contribution is -2.40. The molecule has 2 atom stereocenters. The average Bonchev–Trinajstić information content (AvgIpc) is 2.25. The summed E-state index contributed by atoms with van der Waals surface area (Å²) < 4.78 is 5.35. The second kappa shape index (κ2) is 7.49. The molecule has 90 valence electrons. The topological polar surface area (TPSA) is 41.5 Å². The normalized spacial score (nSPS) is 24.4. The van der Waals surface area contributed by atoms with E-state index in [0.29, 0.717) is 19.2 Å². The lowest BCUT2D eigenvalue weighted by Gasteiger charge is -2.24. The van der Waals surface area contributed by atoms with Gasteiger partial charge in [0.05, 0.1) is 18.8 Å². The molecule has 0 radical (unpaired) electrons. The second-order valence-corrected chi connectivity index (χ2v) is 5.51. The van der Waals surface area contributed by atoms with Gasteiger partial charge in [-0.15, -0.1) is 0 Å².